The van der Waals surface area contributed by atoms with E-state index in [0.717, 1.165) is 30.2 Å². The van der Waals surface area contributed by atoms with Crippen LogP contribution in [0.2, 0.25) is 0 Å². The lowest BCUT2D eigenvalue weighted by molar-refractivity contribution is 0.0937. The number of hydrogen-bond acceptors (Lipinski definition) is 8. The number of anilines is 2. The molecule has 1 atom stereocenters. The Morgan fingerprint density at radius 3 is 2.77 bits per heavy atom. The summed E-state index contributed by atoms with van der Waals surface area (Å²) in [6, 6.07) is 5.23. The number of benzene rings is 1. The maximum atomic E-state index is 12.8. The predicted molar refractivity (Wildman–Crippen MR) is 119 cm³/mol. The van der Waals surface area contributed by atoms with Gasteiger partial charge in [-0.3, -0.25) is 9.59 Å². The molecule has 2 aromatic rings. The summed E-state index contributed by atoms with van der Waals surface area (Å²) in [5, 5.41) is 8.12. The molecular formula is C21H28N4O5S. The summed E-state index contributed by atoms with van der Waals surface area (Å²) >= 11 is 1.42. The average Bonchev–Trinajstić information content (AvgIpc) is 3.44. The molecule has 2 N–H and O–H groups in total. The van der Waals surface area contributed by atoms with Crippen LogP contribution >= 0.6 is 11.3 Å². The molecule has 0 unspecified atom stereocenters. The third kappa shape index (κ3) is 6.01. The van der Waals surface area contributed by atoms with Gasteiger partial charge in [-0.1, -0.05) is 6.07 Å². The van der Waals surface area contributed by atoms with E-state index in [1.54, 1.807) is 38.8 Å². The summed E-state index contributed by atoms with van der Waals surface area (Å²) in [5.41, 5.74) is 1.91. The second-order valence-electron chi connectivity index (χ2n) is 7.12. The Morgan fingerprint density at radius 1 is 1.23 bits per heavy atom. The average molecular weight is 449 g/mol. The van der Waals surface area contributed by atoms with Crippen LogP contribution in [0, 0.1) is 0 Å². The third-order valence-electron chi connectivity index (χ3n) is 4.95. The number of rotatable bonds is 10. The van der Waals surface area contributed by atoms with Crippen molar-refractivity contribution < 1.29 is 23.8 Å². The molecule has 31 heavy (non-hydrogen) atoms. The zero-order valence-corrected chi connectivity index (χ0v) is 18.8. The monoisotopic (exact) mass is 448 g/mol. The first kappa shape index (κ1) is 23.1. The van der Waals surface area contributed by atoms with Crippen LogP contribution in [-0.2, 0) is 20.8 Å². The van der Waals surface area contributed by atoms with E-state index in [4.69, 9.17) is 14.2 Å². The lowest BCUT2D eigenvalue weighted by atomic mass is 10.1. The number of amides is 2. The van der Waals surface area contributed by atoms with Crippen LogP contribution < -0.4 is 15.5 Å². The standard InChI is InChI=1S/C21H28N4O5S/c1-28-9-7-22-19(26)16-10-14(12-29-2)4-5-17(16)23-20(27)18-13-31-21(24-18)25-8-6-15(11-25)30-3/h4-5,10,13,15H,6-9,11-12H2,1-3H3,(H,22,26)(H,23,27)/t15-/m0/s1. The van der Waals surface area contributed by atoms with Crippen molar-refractivity contribution in [2.45, 2.75) is 19.1 Å². The number of aromatic nitrogens is 1. The largest absolute Gasteiger partial charge is 0.383 e. The van der Waals surface area contributed by atoms with Crippen LogP contribution in [0.15, 0.2) is 23.6 Å². The molecule has 3 rings (SSSR count). The zero-order valence-electron chi connectivity index (χ0n) is 18.0. The van der Waals surface area contributed by atoms with E-state index < -0.39 is 0 Å². The Balaban J connectivity index is 1.73. The fourth-order valence-corrected chi connectivity index (χ4v) is 4.14. The lowest BCUT2D eigenvalue weighted by Gasteiger charge is -2.14. The molecule has 10 heteroatoms. The Morgan fingerprint density at radius 2 is 2.06 bits per heavy atom. The summed E-state index contributed by atoms with van der Waals surface area (Å²) in [5.74, 6) is -0.664. The van der Waals surface area contributed by atoms with E-state index in [2.05, 4.69) is 20.5 Å². The number of nitrogens with zero attached hydrogens (tertiary/aromatic N) is 2. The summed E-state index contributed by atoms with van der Waals surface area (Å²) < 4.78 is 15.5. The van der Waals surface area contributed by atoms with Gasteiger partial charge in [0.05, 0.1) is 30.6 Å². The fraction of sp³-hybridized carbons (Fsp3) is 0.476. The number of carbonyl (C=O) groups excluding carboxylic acids is 2. The van der Waals surface area contributed by atoms with Crippen molar-refractivity contribution in [3.8, 4) is 0 Å². The molecule has 1 aromatic heterocycles. The first-order chi connectivity index (χ1) is 15.0. The van der Waals surface area contributed by atoms with Gasteiger partial charge in [0.15, 0.2) is 5.13 Å². The van der Waals surface area contributed by atoms with Gasteiger partial charge in [-0.25, -0.2) is 4.98 Å². The Hall–Kier alpha value is -2.53. The molecule has 0 radical (unpaired) electrons. The highest BCUT2D eigenvalue weighted by Crippen LogP contribution is 2.26. The van der Waals surface area contributed by atoms with Crippen molar-refractivity contribution in [1.82, 2.24) is 10.3 Å². The van der Waals surface area contributed by atoms with Crippen LogP contribution in [0.5, 0.6) is 0 Å². The zero-order chi connectivity index (χ0) is 22.2. The molecular weight excluding hydrogens is 420 g/mol. The van der Waals surface area contributed by atoms with Crippen molar-refractivity contribution in [1.29, 1.82) is 0 Å². The Labute approximate surface area is 185 Å². The summed E-state index contributed by atoms with van der Waals surface area (Å²) in [6.07, 6.45) is 1.12. The molecule has 1 aliphatic rings. The molecule has 168 valence electrons. The number of carbonyl (C=O) groups is 2. The molecule has 2 amide bonds. The molecule has 2 heterocycles. The van der Waals surface area contributed by atoms with E-state index in [1.165, 1.54) is 11.3 Å². The maximum Gasteiger partial charge on any atom is 0.275 e. The van der Waals surface area contributed by atoms with Crippen molar-refractivity contribution in [2.24, 2.45) is 0 Å². The smallest absolute Gasteiger partial charge is 0.275 e. The molecule has 0 bridgehead atoms. The van der Waals surface area contributed by atoms with E-state index in [-0.39, 0.29) is 17.9 Å². The third-order valence-corrected chi connectivity index (χ3v) is 5.85. The number of thiazole rings is 1. The molecule has 1 saturated heterocycles. The van der Waals surface area contributed by atoms with Gasteiger partial charge >= 0.3 is 0 Å². The second kappa shape index (κ2) is 11.2. The molecule has 1 aliphatic heterocycles. The summed E-state index contributed by atoms with van der Waals surface area (Å²) in [7, 11) is 4.86. The van der Waals surface area contributed by atoms with Gasteiger partial charge in [-0.05, 0) is 24.1 Å². The number of ether oxygens (including phenoxy) is 3. The molecule has 9 nitrogen and oxygen atoms in total. The Kier molecular flexibility index (Phi) is 8.35. The highest BCUT2D eigenvalue weighted by Gasteiger charge is 2.25. The van der Waals surface area contributed by atoms with Crippen molar-refractivity contribution in [3.63, 3.8) is 0 Å². The van der Waals surface area contributed by atoms with Crippen LogP contribution in [0.4, 0.5) is 10.8 Å². The molecule has 0 aliphatic carbocycles. The number of nitrogens with one attached hydrogen (secondary N) is 2. The van der Waals surface area contributed by atoms with Crippen molar-refractivity contribution in [2.75, 3.05) is 57.8 Å². The van der Waals surface area contributed by atoms with Gasteiger partial charge in [0.25, 0.3) is 11.8 Å². The quantitative estimate of drug-likeness (QED) is 0.537. The summed E-state index contributed by atoms with van der Waals surface area (Å²) in [4.78, 5) is 32.1. The highest BCUT2D eigenvalue weighted by molar-refractivity contribution is 7.14. The SMILES string of the molecule is COCCNC(=O)c1cc(COC)ccc1NC(=O)c1csc(N2CC[C@H](OC)C2)n1. The first-order valence-corrected chi connectivity index (χ1v) is 10.9. The lowest BCUT2D eigenvalue weighted by Crippen LogP contribution is -2.28. The van der Waals surface area contributed by atoms with Crippen molar-refractivity contribution in [3.05, 3.63) is 40.4 Å². The van der Waals surface area contributed by atoms with Crippen LogP contribution in [0.1, 0.15) is 32.8 Å². The second-order valence-corrected chi connectivity index (χ2v) is 7.96. The van der Waals surface area contributed by atoms with Gasteiger partial charge in [-0.2, -0.15) is 0 Å². The van der Waals surface area contributed by atoms with E-state index >= 15 is 0 Å². The van der Waals surface area contributed by atoms with E-state index in [0.29, 0.717) is 36.7 Å². The maximum absolute atomic E-state index is 12.8. The number of hydrogen-bond donors (Lipinski definition) is 2. The van der Waals surface area contributed by atoms with Gasteiger partial charge in [-0.15, -0.1) is 11.3 Å². The first-order valence-electron chi connectivity index (χ1n) is 9.99. The van der Waals surface area contributed by atoms with Gasteiger partial charge in [0, 0.05) is 46.3 Å². The van der Waals surface area contributed by atoms with Crippen LogP contribution in [0.3, 0.4) is 0 Å². The topological polar surface area (TPSA) is 102 Å². The number of methoxy groups -OCH3 is 3. The van der Waals surface area contributed by atoms with Gasteiger partial charge < -0.3 is 29.7 Å². The predicted octanol–water partition coefficient (Wildman–Crippen LogP) is 2.14. The highest BCUT2D eigenvalue weighted by atomic mass is 32.1. The molecule has 1 aromatic carbocycles. The van der Waals surface area contributed by atoms with Crippen molar-refractivity contribution >= 4 is 34.0 Å². The molecule has 0 spiro atoms. The Bertz CT molecular complexity index is 904. The van der Waals surface area contributed by atoms with Crippen LogP contribution in [0.25, 0.3) is 0 Å². The fourth-order valence-electron chi connectivity index (χ4n) is 3.30. The van der Waals surface area contributed by atoms with E-state index in [1.807, 2.05) is 6.07 Å². The van der Waals surface area contributed by atoms with E-state index in [9.17, 15) is 9.59 Å². The minimum atomic E-state index is -0.365. The minimum absolute atomic E-state index is 0.186. The molecule has 1 fully saturated rings. The summed E-state index contributed by atoms with van der Waals surface area (Å²) in [6.45, 7) is 2.73. The van der Waals surface area contributed by atoms with Crippen LogP contribution in [-0.4, -0.2) is 70.5 Å². The molecule has 0 saturated carbocycles. The normalized spacial score (nSPS) is 15.8. The van der Waals surface area contributed by atoms with Gasteiger partial charge in [0.2, 0.25) is 0 Å². The minimum Gasteiger partial charge on any atom is -0.383 e. The van der Waals surface area contributed by atoms with Gasteiger partial charge in [0.1, 0.15) is 5.69 Å².